The second kappa shape index (κ2) is 2.62. The molecule has 0 saturated carbocycles. The summed E-state index contributed by atoms with van der Waals surface area (Å²) in [5, 5.41) is 0. The van der Waals surface area contributed by atoms with Crippen molar-refractivity contribution in [3.05, 3.63) is 0 Å². The first-order valence-corrected chi connectivity index (χ1v) is 5.09. The maximum Gasteiger partial charge on any atom is 0.0387 e. The average Bonchev–Trinajstić information content (AvgIpc) is 1.54. The van der Waals surface area contributed by atoms with Crippen LogP contribution in [-0.4, -0.2) is 21.8 Å². The normalized spacial score (nSPS) is 39.5. The summed E-state index contributed by atoms with van der Waals surface area (Å²) in [5.74, 6) is 1.52. The summed E-state index contributed by atoms with van der Waals surface area (Å²) in [6.45, 7) is 4.26. The summed E-state index contributed by atoms with van der Waals surface area (Å²) in [5.41, 5.74) is 5.90. The Bertz CT molecular complexity index is 156. The highest BCUT2D eigenvalue weighted by atomic mass is 32.2. The van der Waals surface area contributed by atoms with Gasteiger partial charge in [-0.05, 0) is 11.8 Å². The van der Waals surface area contributed by atoms with Crippen LogP contribution in [-0.2, 0) is 10.8 Å². The Hall–Kier alpha value is 0.110. The third-order valence-electron chi connectivity index (χ3n) is 1.77. The largest absolute Gasteiger partial charge is 0.327 e. The van der Waals surface area contributed by atoms with Crippen molar-refractivity contribution in [3.8, 4) is 0 Å². The lowest BCUT2D eigenvalue weighted by molar-refractivity contribution is 0.342. The molecule has 3 heteroatoms. The molecule has 0 spiro atoms. The van der Waals surface area contributed by atoms with Crippen molar-refractivity contribution < 1.29 is 4.21 Å². The van der Waals surface area contributed by atoms with Crippen LogP contribution < -0.4 is 5.73 Å². The molecule has 0 bridgehead atoms. The summed E-state index contributed by atoms with van der Waals surface area (Å²) in [6.07, 6.45) is 1.01. The Morgan fingerprint density at radius 1 is 1.60 bits per heavy atom. The van der Waals surface area contributed by atoms with E-state index in [-0.39, 0.29) is 11.5 Å². The predicted molar refractivity (Wildman–Crippen MR) is 44.2 cm³/mol. The van der Waals surface area contributed by atoms with Crippen molar-refractivity contribution >= 4 is 10.8 Å². The second-order valence-electron chi connectivity index (χ2n) is 3.88. The van der Waals surface area contributed by atoms with Crippen molar-refractivity contribution in [2.45, 2.75) is 26.3 Å². The van der Waals surface area contributed by atoms with Gasteiger partial charge in [0.05, 0.1) is 0 Å². The number of rotatable bonds is 0. The molecule has 60 valence electrons. The number of hydrogen-bond acceptors (Lipinski definition) is 2. The third kappa shape index (κ3) is 2.06. The molecule has 0 aromatic heterocycles. The van der Waals surface area contributed by atoms with Gasteiger partial charge >= 0.3 is 0 Å². The van der Waals surface area contributed by atoms with Gasteiger partial charge in [0.2, 0.25) is 0 Å². The molecule has 2 atom stereocenters. The van der Waals surface area contributed by atoms with Crippen LogP contribution in [0.3, 0.4) is 0 Å². The molecule has 1 heterocycles. The molecule has 2 N–H and O–H groups in total. The van der Waals surface area contributed by atoms with E-state index in [0.717, 1.165) is 12.2 Å². The van der Waals surface area contributed by atoms with Crippen LogP contribution in [0.5, 0.6) is 0 Å². The van der Waals surface area contributed by atoms with E-state index < -0.39 is 10.8 Å². The molecule has 1 fully saturated rings. The average molecular weight is 161 g/mol. The molecule has 0 radical (unpaired) electrons. The molecule has 0 aromatic rings. The first-order valence-electron chi connectivity index (χ1n) is 3.60. The monoisotopic (exact) mass is 161 g/mol. The molecule has 0 aliphatic carbocycles. The van der Waals surface area contributed by atoms with Crippen molar-refractivity contribution in [2.75, 3.05) is 11.5 Å². The molecule has 1 aliphatic rings. The molecule has 0 aromatic carbocycles. The van der Waals surface area contributed by atoms with E-state index in [1.807, 2.05) is 0 Å². The van der Waals surface area contributed by atoms with Gasteiger partial charge in [-0.1, -0.05) is 13.8 Å². The highest BCUT2D eigenvalue weighted by Crippen LogP contribution is 2.27. The molecule has 1 rings (SSSR count). The fourth-order valence-corrected chi connectivity index (χ4v) is 3.26. The Morgan fingerprint density at radius 2 is 2.20 bits per heavy atom. The molecule has 1 saturated heterocycles. The van der Waals surface area contributed by atoms with Crippen molar-refractivity contribution in [3.63, 3.8) is 0 Å². The second-order valence-corrected chi connectivity index (χ2v) is 5.38. The Labute approximate surface area is 64.6 Å². The van der Waals surface area contributed by atoms with Crippen molar-refractivity contribution in [1.29, 1.82) is 0 Å². The number of nitrogens with two attached hydrogens (primary N) is 1. The van der Waals surface area contributed by atoms with E-state index in [2.05, 4.69) is 13.8 Å². The zero-order valence-electron chi connectivity index (χ0n) is 6.59. The van der Waals surface area contributed by atoms with Gasteiger partial charge in [-0.25, -0.2) is 0 Å². The van der Waals surface area contributed by atoms with Gasteiger partial charge in [-0.2, -0.15) is 0 Å². The first-order chi connectivity index (χ1) is 4.49. The lowest BCUT2D eigenvalue weighted by Gasteiger charge is -2.32. The van der Waals surface area contributed by atoms with E-state index in [4.69, 9.17) is 5.73 Å². The quantitative estimate of drug-likeness (QED) is 0.562. The fourth-order valence-electron chi connectivity index (χ4n) is 1.56. The highest BCUT2D eigenvalue weighted by Gasteiger charge is 2.29. The van der Waals surface area contributed by atoms with Gasteiger partial charge in [-0.3, -0.25) is 4.21 Å². The SMILES string of the molecule is CC1(C)CC(N)CS(=O)C1. The van der Waals surface area contributed by atoms with Crippen LogP contribution in [0, 0.1) is 5.41 Å². The van der Waals surface area contributed by atoms with Crippen LogP contribution in [0.25, 0.3) is 0 Å². The van der Waals surface area contributed by atoms with Crippen LogP contribution in [0.2, 0.25) is 0 Å². The van der Waals surface area contributed by atoms with E-state index in [1.54, 1.807) is 0 Å². The summed E-state index contributed by atoms with van der Waals surface area (Å²) in [4.78, 5) is 0. The minimum absolute atomic E-state index is 0.157. The van der Waals surface area contributed by atoms with Crippen LogP contribution in [0.1, 0.15) is 20.3 Å². The summed E-state index contributed by atoms with van der Waals surface area (Å²) < 4.78 is 11.1. The van der Waals surface area contributed by atoms with Gasteiger partial charge in [-0.15, -0.1) is 0 Å². The van der Waals surface area contributed by atoms with Crippen LogP contribution >= 0.6 is 0 Å². The standard InChI is InChI=1S/C7H15NOS/c1-7(2)3-6(8)4-10(9)5-7/h6H,3-5,8H2,1-2H3. The topological polar surface area (TPSA) is 43.1 Å². The lowest BCUT2D eigenvalue weighted by Crippen LogP contribution is -2.41. The highest BCUT2D eigenvalue weighted by molar-refractivity contribution is 7.85. The Kier molecular flexibility index (Phi) is 2.15. The van der Waals surface area contributed by atoms with Crippen LogP contribution in [0.15, 0.2) is 0 Å². The minimum atomic E-state index is -0.665. The lowest BCUT2D eigenvalue weighted by atomic mass is 9.88. The zero-order chi connectivity index (χ0) is 7.78. The molecular weight excluding hydrogens is 146 g/mol. The maximum absolute atomic E-state index is 11.1. The Morgan fingerprint density at radius 3 is 2.60 bits per heavy atom. The molecular formula is C7H15NOS. The first kappa shape index (κ1) is 8.21. The number of hydrogen-bond donors (Lipinski definition) is 1. The van der Waals surface area contributed by atoms with Gasteiger partial charge in [0, 0.05) is 28.3 Å². The van der Waals surface area contributed by atoms with Gasteiger partial charge in [0.15, 0.2) is 0 Å². The van der Waals surface area contributed by atoms with E-state index in [1.165, 1.54) is 0 Å². The Balaban J connectivity index is 2.59. The molecule has 2 nitrogen and oxygen atoms in total. The fraction of sp³-hybridized carbons (Fsp3) is 1.00. The van der Waals surface area contributed by atoms with E-state index >= 15 is 0 Å². The predicted octanol–water partition coefficient (Wildman–Crippen LogP) is 0.492. The molecule has 0 amide bonds. The molecule has 1 aliphatic heterocycles. The summed E-state index contributed by atoms with van der Waals surface area (Å²) in [6, 6.07) is 0.157. The summed E-state index contributed by atoms with van der Waals surface area (Å²) >= 11 is 0. The zero-order valence-corrected chi connectivity index (χ0v) is 7.41. The van der Waals surface area contributed by atoms with Crippen molar-refractivity contribution in [2.24, 2.45) is 11.1 Å². The maximum atomic E-state index is 11.1. The van der Waals surface area contributed by atoms with Crippen molar-refractivity contribution in [1.82, 2.24) is 0 Å². The molecule has 2 unspecified atom stereocenters. The van der Waals surface area contributed by atoms with Gasteiger partial charge in [0.1, 0.15) is 0 Å². The van der Waals surface area contributed by atoms with Gasteiger partial charge in [0.25, 0.3) is 0 Å². The van der Waals surface area contributed by atoms with E-state index in [9.17, 15) is 4.21 Å². The third-order valence-corrected chi connectivity index (χ3v) is 3.67. The summed E-state index contributed by atoms with van der Waals surface area (Å²) in [7, 11) is -0.665. The minimum Gasteiger partial charge on any atom is -0.327 e. The van der Waals surface area contributed by atoms with Crippen LogP contribution in [0.4, 0.5) is 0 Å². The smallest absolute Gasteiger partial charge is 0.0387 e. The molecule has 10 heavy (non-hydrogen) atoms. The van der Waals surface area contributed by atoms with Gasteiger partial charge < -0.3 is 5.73 Å². The van der Waals surface area contributed by atoms with E-state index in [0.29, 0.717) is 5.75 Å².